The Morgan fingerprint density at radius 2 is 1.80 bits per heavy atom. The first-order chi connectivity index (χ1) is 7.31. The van der Waals surface area contributed by atoms with E-state index in [1.165, 1.54) is 5.69 Å². The van der Waals surface area contributed by atoms with Gasteiger partial charge in [-0.25, -0.2) is 0 Å². The smallest absolute Gasteiger partial charge is 0.0568 e. The molecule has 5 heteroatoms. The Balaban J connectivity index is 2.07. The number of hydrogen-bond acceptors (Lipinski definition) is 3. The van der Waals surface area contributed by atoms with Gasteiger partial charge in [-0.1, -0.05) is 12.1 Å². The van der Waals surface area contributed by atoms with Crippen LogP contribution in [0.5, 0.6) is 0 Å². The minimum atomic E-state index is 0.699. The topological polar surface area (TPSA) is 35.9 Å². The maximum absolute atomic E-state index is 10.3. The molecule has 2 rings (SSSR count). The fraction of sp³-hybridized carbons (Fsp3) is 0.400. The summed E-state index contributed by atoms with van der Waals surface area (Å²) in [7, 11) is 0. The van der Waals surface area contributed by atoms with Crippen molar-refractivity contribution in [3.8, 4) is 0 Å². The molecule has 80 valence electrons. The Bertz CT molecular complexity index is 350. The van der Waals surface area contributed by atoms with E-state index in [4.69, 9.17) is 0 Å². The largest absolute Gasteiger partial charge is 0.367 e. The lowest BCUT2D eigenvalue weighted by molar-refractivity contribution is 0.266. The molecule has 0 spiro atoms. The highest BCUT2D eigenvalue weighted by molar-refractivity contribution is 9.10. The Hall–Kier alpha value is -1.10. The maximum Gasteiger partial charge on any atom is 0.0568 e. The van der Waals surface area contributed by atoms with E-state index in [9.17, 15) is 4.91 Å². The molecule has 1 aliphatic rings. The van der Waals surface area contributed by atoms with Gasteiger partial charge >= 0.3 is 0 Å². The first-order valence-corrected chi connectivity index (χ1v) is 5.68. The SMILES string of the molecule is O=NN1CCN(c2ccccc2Br)CC1. The van der Waals surface area contributed by atoms with Crippen LogP contribution in [-0.2, 0) is 0 Å². The average Bonchev–Trinajstić information content (AvgIpc) is 2.30. The third-order valence-corrected chi connectivity index (χ3v) is 3.24. The van der Waals surface area contributed by atoms with Crippen molar-refractivity contribution in [1.29, 1.82) is 0 Å². The summed E-state index contributed by atoms with van der Waals surface area (Å²) in [6, 6.07) is 8.12. The van der Waals surface area contributed by atoms with E-state index in [1.54, 1.807) is 5.01 Å². The molecule has 0 radical (unpaired) electrons. The third-order valence-electron chi connectivity index (χ3n) is 2.56. The second-order valence-corrected chi connectivity index (χ2v) is 4.33. The molecule has 0 N–H and O–H groups in total. The molecule has 1 aromatic rings. The maximum atomic E-state index is 10.3. The first-order valence-electron chi connectivity index (χ1n) is 4.89. The van der Waals surface area contributed by atoms with Gasteiger partial charge in [-0.3, -0.25) is 5.01 Å². The first kappa shape index (κ1) is 10.4. The fourth-order valence-corrected chi connectivity index (χ4v) is 2.26. The van der Waals surface area contributed by atoms with Crippen LogP contribution in [-0.4, -0.2) is 31.2 Å². The number of benzene rings is 1. The zero-order chi connectivity index (χ0) is 10.7. The lowest BCUT2D eigenvalue weighted by Crippen LogP contribution is -2.44. The molecule has 1 aromatic carbocycles. The predicted octanol–water partition coefficient (Wildman–Crippen LogP) is 2.25. The number of nitrogens with zero attached hydrogens (tertiary/aromatic N) is 3. The Labute approximate surface area is 96.9 Å². The molecule has 15 heavy (non-hydrogen) atoms. The molecule has 0 amide bonds. The second-order valence-electron chi connectivity index (χ2n) is 3.47. The summed E-state index contributed by atoms with van der Waals surface area (Å²) in [6.45, 7) is 3.08. The van der Waals surface area contributed by atoms with Crippen molar-refractivity contribution in [3.05, 3.63) is 33.6 Å². The average molecular weight is 270 g/mol. The molecule has 0 saturated carbocycles. The number of para-hydroxylation sites is 1. The molecule has 1 fully saturated rings. The number of piperazine rings is 1. The van der Waals surface area contributed by atoms with E-state index in [1.807, 2.05) is 18.2 Å². The van der Waals surface area contributed by atoms with Crippen molar-refractivity contribution in [2.75, 3.05) is 31.1 Å². The molecular formula is C10H12BrN3O. The lowest BCUT2D eigenvalue weighted by Gasteiger charge is -2.33. The molecule has 0 unspecified atom stereocenters. The van der Waals surface area contributed by atoms with Crippen molar-refractivity contribution in [1.82, 2.24) is 5.01 Å². The molecule has 4 nitrogen and oxygen atoms in total. The summed E-state index contributed by atoms with van der Waals surface area (Å²) in [6.07, 6.45) is 0. The highest BCUT2D eigenvalue weighted by atomic mass is 79.9. The highest BCUT2D eigenvalue weighted by Gasteiger charge is 2.17. The molecule has 0 aromatic heterocycles. The monoisotopic (exact) mass is 269 g/mol. The zero-order valence-electron chi connectivity index (χ0n) is 8.27. The van der Waals surface area contributed by atoms with Crippen LogP contribution in [0.1, 0.15) is 0 Å². The van der Waals surface area contributed by atoms with Crippen LogP contribution in [0.2, 0.25) is 0 Å². The van der Waals surface area contributed by atoms with Crippen molar-refractivity contribution in [2.45, 2.75) is 0 Å². The van der Waals surface area contributed by atoms with E-state index in [-0.39, 0.29) is 0 Å². The summed E-state index contributed by atoms with van der Waals surface area (Å²) >= 11 is 3.52. The number of hydrogen-bond donors (Lipinski definition) is 0. The van der Waals surface area contributed by atoms with E-state index < -0.39 is 0 Å². The molecular weight excluding hydrogens is 258 g/mol. The van der Waals surface area contributed by atoms with Gasteiger partial charge in [0, 0.05) is 17.6 Å². The quantitative estimate of drug-likeness (QED) is 0.773. The minimum Gasteiger partial charge on any atom is -0.367 e. The second kappa shape index (κ2) is 4.61. The van der Waals surface area contributed by atoms with E-state index >= 15 is 0 Å². The van der Waals surface area contributed by atoms with Crippen LogP contribution in [0.3, 0.4) is 0 Å². The van der Waals surface area contributed by atoms with Gasteiger partial charge < -0.3 is 4.90 Å². The molecule has 0 atom stereocenters. The van der Waals surface area contributed by atoms with Crippen LogP contribution < -0.4 is 4.90 Å². The summed E-state index contributed by atoms with van der Waals surface area (Å²) in [4.78, 5) is 12.6. The van der Waals surface area contributed by atoms with Gasteiger partial charge in [-0.05, 0) is 28.1 Å². The highest BCUT2D eigenvalue weighted by Crippen LogP contribution is 2.26. The lowest BCUT2D eigenvalue weighted by atomic mass is 10.2. The third kappa shape index (κ3) is 2.28. The number of nitroso groups, excluding NO2 is 1. The van der Waals surface area contributed by atoms with Gasteiger partial charge in [0.15, 0.2) is 0 Å². The normalized spacial score (nSPS) is 16.6. The van der Waals surface area contributed by atoms with Crippen LogP contribution in [0, 0.1) is 4.91 Å². The summed E-state index contributed by atoms with van der Waals surface area (Å²) < 4.78 is 1.09. The predicted molar refractivity (Wildman–Crippen MR) is 63.7 cm³/mol. The van der Waals surface area contributed by atoms with E-state index in [2.05, 4.69) is 32.2 Å². The zero-order valence-corrected chi connectivity index (χ0v) is 9.85. The van der Waals surface area contributed by atoms with Gasteiger partial charge in [0.25, 0.3) is 0 Å². The molecule has 1 saturated heterocycles. The van der Waals surface area contributed by atoms with Gasteiger partial charge in [0.2, 0.25) is 0 Å². The van der Waals surface area contributed by atoms with Crippen LogP contribution in [0.25, 0.3) is 0 Å². The van der Waals surface area contributed by atoms with Crippen molar-refractivity contribution >= 4 is 21.6 Å². The summed E-state index contributed by atoms with van der Waals surface area (Å²) in [5, 5.41) is 4.51. The molecule has 0 bridgehead atoms. The van der Waals surface area contributed by atoms with Crippen molar-refractivity contribution in [3.63, 3.8) is 0 Å². The number of halogens is 1. The molecule has 1 heterocycles. The van der Waals surface area contributed by atoms with Crippen molar-refractivity contribution in [2.24, 2.45) is 5.29 Å². The van der Waals surface area contributed by atoms with Crippen LogP contribution in [0.15, 0.2) is 34.0 Å². The van der Waals surface area contributed by atoms with Gasteiger partial charge in [0.1, 0.15) is 0 Å². The Kier molecular flexibility index (Phi) is 3.20. The summed E-state index contributed by atoms with van der Waals surface area (Å²) in [5.41, 5.74) is 1.18. The number of rotatable bonds is 2. The standard InChI is InChI=1S/C10H12BrN3O/c11-9-3-1-2-4-10(9)13-5-7-14(12-15)8-6-13/h1-4H,5-8H2. The van der Waals surface area contributed by atoms with Crippen LogP contribution >= 0.6 is 15.9 Å². The number of anilines is 1. The molecule has 1 aliphatic heterocycles. The van der Waals surface area contributed by atoms with Gasteiger partial charge in [-0.15, -0.1) is 4.91 Å². The summed E-state index contributed by atoms with van der Waals surface area (Å²) in [5.74, 6) is 0. The molecule has 0 aliphatic carbocycles. The van der Waals surface area contributed by atoms with E-state index in [0.717, 1.165) is 17.6 Å². The van der Waals surface area contributed by atoms with Crippen LogP contribution in [0.4, 0.5) is 5.69 Å². The van der Waals surface area contributed by atoms with Crippen molar-refractivity contribution < 1.29 is 0 Å². The van der Waals surface area contributed by atoms with E-state index in [0.29, 0.717) is 13.1 Å². The van der Waals surface area contributed by atoms with Gasteiger partial charge in [0.05, 0.1) is 24.1 Å². The Morgan fingerprint density at radius 1 is 1.13 bits per heavy atom. The fourth-order valence-electron chi connectivity index (χ4n) is 1.73. The minimum absolute atomic E-state index is 0.699. The van der Waals surface area contributed by atoms with Gasteiger partial charge in [-0.2, -0.15) is 0 Å². The Morgan fingerprint density at radius 3 is 2.40 bits per heavy atom.